The Kier molecular flexibility index (Phi) is 4.78. The number of halogens is 2. The summed E-state index contributed by atoms with van der Waals surface area (Å²) in [6.07, 6.45) is 0.0485. The van der Waals surface area contributed by atoms with E-state index in [4.69, 9.17) is 0 Å². The highest BCUT2D eigenvalue weighted by Gasteiger charge is 2.35. The first-order chi connectivity index (χ1) is 9.38. The molecule has 1 saturated heterocycles. The van der Waals surface area contributed by atoms with Crippen molar-refractivity contribution in [3.8, 4) is 0 Å². The molecule has 0 radical (unpaired) electrons. The van der Waals surface area contributed by atoms with Gasteiger partial charge in [-0.2, -0.15) is 0 Å². The van der Waals surface area contributed by atoms with Crippen LogP contribution in [-0.2, 0) is 0 Å². The molecule has 1 fully saturated rings. The second kappa shape index (κ2) is 6.20. The maximum absolute atomic E-state index is 13.5. The Hall–Kier alpha value is -0.980. The molecule has 1 N–H and O–H groups in total. The third-order valence-electron chi connectivity index (χ3n) is 3.40. The summed E-state index contributed by atoms with van der Waals surface area (Å²) in [5, 5.41) is 9.78. The Labute approximate surface area is 126 Å². The molecule has 0 spiro atoms. The number of aliphatic hydroxyl groups excluding tert-OH is 1. The van der Waals surface area contributed by atoms with E-state index in [1.807, 2.05) is 19.0 Å². The monoisotopic (exact) mass is 344 g/mol. The SMILES string of the molecule is CN(C)CC1CC(O)CN1C(=O)c1ccc(Br)c(F)c1. The summed E-state index contributed by atoms with van der Waals surface area (Å²) in [4.78, 5) is 16.1. The van der Waals surface area contributed by atoms with Crippen LogP contribution < -0.4 is 0 Å². The van der Waals surface area contributed by atoms with Crippen LogP contribution in [0.4, 0.5) is 4.39 Å². The molecule has 110 valence electrons. The molecule has 1 heterocycles. The zero-order valence-electron chi connectivity index (χ0n) is 11.5. The van der Waals surface area contributed by atoms with E-state index in [0.717, 1.165) is 0 Å². The Balaban J connectivity index is 2.19. The highest BCUT2D eigenvalue weighted by molar-refractivity contribution is 9.10. The molecule has 0 aliphatic carbocycles. The summed E-state index contributed by atoms with van der Waals surface area (Å²) in [6, 6.07) is 4.30. The van der Waals surface area contributed by atoms with E-state index >= 15 is 0 Å². The molecule has 1 aromatic rings. The summed E-state index contributed by atoms with van der Waals surface area (Å²) in [5.41, 5.74) is 0.309. The third kappa shape index (κ3) is 3.37. The lowest BCUT2D eigenvalue weighted by Gasteiger charge is -2.27. The fourth-order valence-corrected chi connectivity index (χ4v) is 2.78. The number of carbonyl (C=O) groups is 1. The minimum Gasteiger partial charge on any atom is -0.391 e. The van der Waals surface area contributed by atoms with Gasteiger partial charge < -0.3 is 14.9 Å². The van der Waals surface area contributed by atoms with Gasteiger partial charge in [0.25, 0.3) is 5.91 Å². The summed E-state index contributed by atoms with van der Waals surface area (Å²) in [6.45, 7) is 0.983. The Morgan fingerprint density at radius 1 is 1.55 bits per heavy atom. The number of carbonyl (C=O) groups excluding carboxylic acids is 1. The van der Waals surface area contributed by atoms with E-state index < -0.39 is 11.9 Å². The third-order valence-corrected chi connectivity index (χ3v) is 4.04. The highest BCUT2D eigenvalue weighted by Crippen LogP contribution is 2.23. The van der Waals surface area contributed by atoms with Crippen LogP contribution in [0.3, 0.4) is 0 Å². The lowest BCUT2D eigenvalue weighted by molar-refractivity contribution is 0.0698. The van der Waals surface area contributed by atoms with E-state index in [2.05, 4.69) is 15.9 Å². The number of benzene rings is 1. The highest BCUT2D eigenvalue weighted by atomic mass is 79.9. The molecular weight excluding hydrogens is 327 g/mol. The van der Waals surface area contributed by atoms with E-state index in [0.29, 0.717) is 29.5 Å². The molecule has 6 heteroatoms. The van der Waals surface area contributed by atoms with Gasteiger partial charge in [0.2, 0.25) is 0 Å². The van der Waals surface area contributed by atoms with Gasteiger partial charge in [0.1, 0.15) is 5.82 Å². The maximum atomic E-state index is 13.5. The fraction of sp³-hybridized carbons (Fsp3) is 0.500. The number of likely N-dealkylation sites (tertiary alicyclic amines) is 1. The van der Waals surface area contributed by atoms with E-state index in [1.54, 1.807) is 11.0 Å². The van der Waals surface area contributed by atoms with Crippen molar-refractivity contribution in [1.29, 1.82) is 0 Å². The normalized spacial score (nSPS) is 22.6. The van der Waals surface area contributed by atoms with Gasteiger partial charge in [-0.25, -0.2) is 4.39 Å². The summed E-state index contributed by atoms with van der Waals surface area (Å²) < 4.78 is 13.9. The standard InChI is InChI=1S/C14H18BrFN2O2/c1-17(2)7-10-6-11(19)8-18(10)14(20)9-3-4-12(15)13(16)5-9/h3-5,10-11,19H,6-8H2,1-2H3. The fourth-order valence-electron chi connectivity index (χ4n) is 2.53. The van der Waals surface area contributed by atoms with Crippen LogP contribution in [-0.4, -0.2) is 60.1 Å². The topological polar surface area (TPSA) is 43.8 Å². The Morgan fingerprint density at radius 3 is 2.85 bits per heavy atom. The first kappa shape index (κ1) is 15.4. The zero-order chi connectivity index (χ0) is 14.9. The predicted octanol–water partition coefficient (Wildman–Crippen LogP) is 1.73. The smallest absolute Gasteiger partial charge is 0.254 e. The van der Waals surface area contributed by atoms with Crippen LogP contribution in [0, 0.1) is 5.82 Å². The first-order valence-corrected chi connectivity index (χ1v) is 7.26. The summed E-state index contributed by atoms with van der Waals surface area (Å²) in [7, 11) is 3.85. The van der Waals surface area contributed by atoms with Crippen molar-refractivity contribution in [3.63, 3.8) is 0 Å². The molecule has 2 rings (SSSR count). The van der Waals surface area contributed by atoms with Gasteiger partial charge in [-0.05, 0) is 54.6 Å². The second-order valence-corrected chi connectivity index (χ2v) is 6.25. The predicted molar refractivity (Wildman–Crippen MR) is 78.1 cm³/mol. The van der Waals surface area contributed by atoms with Gasteiger partial charge in [-0.3, -0.25) is 4.79 Å². The van der Waals surface area contributed by atoms with Crippen LogP contribution in [0.25, 0.3) is 0 Å². The molecular formula is C14H18BrFN2O2. The van der Waals surface area contributed by atoms with E-state index in [1.165, 1.54) is 12.1 Å². The van der Waals surface area contributed by atoms with Crippen molar-refractivity contribution in [2.45, 2.75) is 18.6 Å². The van der Waals surface area contributed by atoms with Gasteiger partial charge >= 0.3 is 0 Å². The minimum atomic E-state index is -0.510. The number of aliphatic hydroxyl groups is 1. The number of hydrogen-bond acceptors (Lipinski definition) is 3. The van der Waals surface area contributed by atoms with Crippen molar-refractivity contribution in [3.05, 3.63) is 34.1 Å². The van der Waals surface area contributed by atoms with E-state index in [-0.39, 0.29) is 11.9 Å². The first-order valence-electron chi connectivity index (χ1n) is 6.47. The number of nitrogens with zero attached hydrogens (tertiary/aromatic N) is 2. The maximum Gasteiger partial charge on any atom is 0.254 e. The molecule has 1 aromatic carbocycles. The number of likely N-dealkylation sites (N-methyl/N-ethyl adjacent to an activating group) is 1. The quantitative estimate of drug-likeness (QED) is 0.907. The van der Waals surface area contributed by atoms with Crippen molar-refractivity contribution >= 4 is 21.8 Å². The van der Waals surface area contributed by atoms with Crippen molar-refractivity contribution < 1.29 is 14.3 Å². The van der Waals surface area contributed by atoms with Crippen molar-refractivity contribution in [2.75, 3.05) is 27.2 Å². The molecule has 2 unspecified atom stereocenters. The van der Waals surface area contributed by atoms with Crippen molar-refractivity contribution in [2.24, 2.45) is 0 Å². The lowest BCUT2D eigenvalue weighted by atomic mass is 10.1. The molecule has 2 atom stereocenters. The van der Waals surface area contributed by atoms with Crippen molar-refractivity contribution in [1.82, 2.24) is 9.80 Å². The molecule has 0 aromatic heterocycles. The molecule has 1 amide bonds. The average molecular weight is 345 g/mol. The van der Waals surface area contributed by atoms with Crippen LogP contribution in [0.2, 0.25) is 0 Å². The molecule has 1 aliphatic rings. The molecule has 0 saturated carbocycles. The second-order valence-electron chi connectivity index (χ2n) is 5.39. The zero-order valence-corrected chi connectivity index (χ0v) is 13.1. The van der Waals surface area contributed by atoms with Gasteiger partial charge in [0, 0.05) is 24.7 Å². The van der Waals surface area contributed by atoms with Gasteiger partial charge in [0.05, 0.1) is 10.6 Å². The number of hydrogen-bond donors (Lipinski definition) is 1. The lowest BCUT2D eigenvalue weighted by Crippen LogP contribution is -2.41. The number of β-amino-alcohol motifs (C(OH)–C–C–N with tert-alkyl or cyclic N) is 1. The molecule has 4 nitrogen and oxygen atoms in total. The molecule has 1 aliphatic heterocycles. The summed E-state index contributed by atoms with van der Waals surface area (Å²) in [5.74, 6) is -0.695. The minimum absolute atomic E-state index is 0.0424. The molecule has 20 heavy (non-hydrogen) atoms. The Morgan fingerprint density at radius 2 is 2.25 bits per heavy atom. The van der Waals surface area contributed by atoms with Crippen LogP contribution in [0.15, 0.2) is 22.7 Å². The molecule has 0 bridgehead atoms. The van der Waals surface area contributed by atoms with Gasteiger partial charge in [-0.15, -0.1) is 0 Å². The van der Waals surface area contributed by atoms with E-state index in [9.17, 15) is 14.3 Å². The van der Waals surface area contributed by atoms with Crippen LogP contribution in [0.5, 0.6) is 0 Å². The number of rotatable bonds is 3. The Bertz CT molecular complexity index is 510. The average Bonchev–Trinajstić information content (AvgIpc) is 2.72. The summed E-state index contributed by atoms with van der Waals surface area (Å²) >= 11 is 3.07. The van der Waals surface area contributed by atoms with Crippen LogP contribution in [0.1, 0.15) is 16.8 Å². The van der Waals surface area contributed by atoms with Crippen LogP contribution >= 0.6 is 15.9 Å². The number of amides is 1. The van der Waals surface area contributed by atoms with Gasteiger partial charge in [0.15, 0.2) is 0 Å². The van der Waals surface area contributed by atoms with Gasteiger partial charge in [-0.1, -0.05) is 0 Å². The largest absolute Gasteiger partial charge is 0.391 e.